The first-order chi connectivity index (χ1) is 29.2. The largest absolute Gasteiger partial charge is 0.369 e. The number of carbonyl (C=O) groups is 5. The lowest BCUT2D eigenvalue weighted by atomic mass is 10.0. The van der Waals surface area contributed by atoms with Crippen LogP contribution in [0, 0.1) is 0 Å². The summed E-state index contributed by atoms with van der Waals surface area (Å²) in [6.45, 7) is 0. The molecule has 296 valence electrons. The topological polar surface area (TPSA) is 178 Å². The Hall–Kier alpha value is -8.35. The number of hydrogen-bond acceptors (Lipinski definition) is 7. The minimum Gasteiger partial charge on any atom is -0.369 e. The molecule has 7 N–H and O–H groups in total. The van der Waals surface area contributed by atoms with Crippen LogP contribution >= 0.6 is 0 Å². The molecule has 0 heterocycles. The molecule has 1 unspecified atom stereocenters. The number of anilines is 6. The summed E-state index contributed by atoms with van der Waals surface area (Å²) in [5, 5.41) is 27.7. The number of hydrogen-bond donors (Lipinski definition) is 7. The molecule has 0 fully saturated rings. The quantitative estimate of drug-likeness (QED) is 0.0570. The van der Waals surface area contributed by atoms with Crippen LogP contribution in [0.15, 0.2) is 182 Å². The van der Waals surface area contributed by atoms with E-state index in [-0.39, 0.29) is 28.5 Å². The van der Waals surface area contributed by atoms with Gasteiger partial charge >= 0.3 is 0 Å². The summed E-state index contributed by atoms with van der Waals surface area (Å²) in [7, 11) is 0. The number of carbonyl (C=O) groups excluding carboxylic acids is 5. The van der Waals surface area contributed by atoms with Crippen molar-refractivity contribution in [1.82, 2.24) is 0 Å². The van der Waals surface area contributed by atoms with E-state index in [0.717, 1.165) is 0 Å². The highest BCUT2D eigenvalue weighted by molar-refractivity contribution is 6.13. The van der Waals surface area contributed by atoms with Crippen LogP contribution in [0.1, 0.15) is 63.6 Å². The van der Waals surface area contributed by atoms with E-state index in [0.29, 0.717) is 50.8 Å². The van der Waals surface area contributed by atoms with Gasteiger partial charge in [0.1, 0.15) is 0 Å². The van der Waals surface area contributed by atoms with Crippen molar-refractivity contribution in [2.45, 2.75) is 6.23 Å². The fourth-order valence-corrected chi connectivity index (χ4v) is 6.13. The molecule has 0 aromatic heterocycles. The molecule has 5 amide bonds. The third-order valence-corrected chi connectivity index (χ3v) is 9.09. The Morgan fingerprint density at radius 2 is 0.600 bits per heavy atom. The zero-order valence-corrected chi connectivity index (χ0v) is 31.9. The number of benzene rings is 7. The molecule has 0 bridgehead atoms. The van der Waals surface area contributed by atoms with Gasteiger partial charge in [-0.3, -0.25) is 24.0 Å². The Bertz CT molecular complexity index is 2550. The normalized spacial score (nSPS) is 11.0. The molecule has 0 saturated carbocycles. The molecule has 0 spiro atoms. The van der Waals surface area contributed by atoms with E-state index in [9.17, 15) is 29.1 Å². The first-order valence-corrected chi connectivity index (χ1v) is 18.8. The highest BCUT2D eigenvalue weighted by Crippen LogP contribution is 2.24. The second-order valence-electron chi connectivity index (χ2n) is 13.5. The van der Waals surface area contributed by atoms with Crippen LogP contribution in [-0.4, -0.2) is 34.6 Å². The maximum atomic E-state index is 13.8. The van der Waals surface area contributed by atoms with Gasteiger partial charge < -0.3 is 37.0 Å². The molecular formula is C48H38N6O6. The second-order valence-corrected chi connectivity index (χ2v) is 13.5. The molecule has 7 aromatic rings. The Labute approximate surface area is 345 Å². The summed E-state index contributed by atoms with van der Waals surface area (Å²) in [4.78, 5) is 67.1. The van der Waals surface area contributed by atoms with E-state index >= 15 is 0 Å². The summed E-state index contributed by atoms with van der Waals surface area (Å²) >= 11 is 0. The smallest absolute Gasteiger partial charge is 0.255 e. The molecule has 0 aliphatic heterocycles. The molecule has 12 nitrogen and oxygen atoms in total. The molecule has 12 heteroatoms. The molecule has 0 saturated heterocycles. The van der Waals surface area contributed by atoms with Crippen LogP contribution in [0.5, 0.6) is 0 Å². The van der Waals surface area contributed by atoms with E-state index < -0.39 is 23.9 Å². The summed E-state index contributed by atoms with van der Waals surface area (Å²) in [5.41, 5.74) is 4.06. The van der Waals surface area contributed by atoms with Crippen molar-refractivity contribution in [2.24, 2.45) is 0 Å². The van der Waals surface area contributed by atoms with Crippen molar-refractivity contribution < 1.29 is 29.1 Å². The fourth-order valence-electron chi connectivity index (χ4n) is 6.13. The highest BCUT2D eigenvalue weighted by Gasteiger charge is 2.19. The number of rotatable bonds is 13. The minimum absolute atomic E-state index is 0.00296. The van der Waals surface area contributed by atoms with Gasteiger partial charge in [0.15, 0.2) is 6.23 Å². The second kappa shape index (κ2) is 18.7. The van der Waals surface area contributed by atoms with Gasteiger partial charge in [-0.2, -0.15) is 0 Å². The number of aliphatic hydroxyl groups excluding tert-OH is 1. The third kappa shape index (κ3) is 10.5. The van der Waals surface area contributed by atoms with Crippen LogP contribution in [0.25, 0.3) is 0 Å². The van der Waals surface area contributed by atoms with Gasteiger partial charge in [0.25, 0.3) is 29.5 Å². The van der Waals surface area contributed by atoms with Crippen molar-refractivity contribution in [2.75, 3.05) is 31.9 Å². The molecule has 7 rings (SSSR count). The lowest BCUT2D eigenvalue weighted by Crippen LogP contribution is -2.19. The summed E-state index contributed by atoms with van der Waals surface area (Å²) in [6.07, 6.45) is -1.00. The van der Waals surface area contributed by atoms with Crippen LogP contribution < -0.4 is 31.9 Å². The first-order valence-electron chi connectivity index (χ1n) is 18.8. The van der Waals surface area contributed by atoms with Gasteiger partial charge in [-0.25, -0.2) is 0 Å². The van der Waals surface area contributed by atoms with Crippen molar-refractivity contribution in [3.63, 3.8) is 0 Å². The first kappa shape index (κ1) is 39.9. The standard InChI is InChI=1S/C48H38N6O6/c55-43(31-13-4-1-5-14-31)49-37-19-10-22-40(28-37)52-46(58)34-25-35(47(59)53-41-23-11-20-38(29-41)50-44(56)32-15-6-2-7-16-32)27-36(26-34)48(60)54-42-24-12-21-39(30-42)51-45(57)33-17-8-3-9-18-33/h1-30,43,49,55H,(H,50,56)(H,51,57)(H,52,58)(H,53,59)(H,54,60). The van der Waals surface area contributed by atoms with E-state index in [2.05, 4.69) is 31.9 Å². The molecule has 7 aromatic carbocycles. The Kier molecular flexibility index (Phi) is 12.4. The summed E-state index contributed by atoms with van der Waals surface area (Å²) < 4.78 is 0. The monoisotopic (exact) mass is 794 g/mol. The lowest BCUT2D eigenvalue weighted by Gasteiger charge is -2.16. The van der Waals surface area contributed by atoms with E-state index in [1.807, 2.05) is 30.3 Å². The average Bonchev–Trinajstić information content (AvgIpc) is 3.27. The SMILES string of the molecule is O=C(Nc1cccc(NC(=O)c2cc(C(=O)Nc3cccc(NC(=O)c4ccccc4)c3)cc(C(=O)Nc3cccc(NC(O)c4ccccc4)c3)c2)c1)c1ccccc1. The predicted molar refractivity (Wildman–Crippen MR) is 233 cm³/mol. The summed E-state index contributed by atoms with van der Waals surface area (Å²) in [5.74, 6) is -2.53. The molecule has 0 aliphatic rings. The Morgan fingerprint density at radius 3 is 0.950 bits per heavy atom. The number of amides is 5. The van der Waals surface area contributed by atoms with Gasteiger partial charge in [-0.05, 0) is 97.1 Å². The van der Waals surface area contributed by atoms with Crippen LogP contribution in [0.3, 0.4) is 0 Å². The van der Waals surface area contributed by atoms with Gasteiger partial charge in [-0.1, -0.05) is 84.9 Å². The van der Waals surface area contributed by atoms with Crippen LogP contribution in [-0.2, 0) is 0 Å². The minimum atomic E-state index is -1.00. The van der Waals surface area contributed by atoms with Gasteiger partial charge in [-0.15, -0.1) is 0 Å². The van der Waals surface area contributed by atoms with E-state index in [1.54, 1.807) is 133 Å². The number of aliphatic hydroxyl groups is 1. The maximum absolute atomic E-state index is 13.8. The molecule has 0 radical (unpaired) electrons. The Balaban J connectivity index is 1.12. The predicted octanol–water partition coefficient (Wildman–Crippen LogP) is 9.05. The van der Waals surface area contributed by atoms with Gasteiger partial charge in [0.05, 0.1) is 0 Å². The fraction of sp³-hybridized carbons (Fsp3) is 0.0208. The van der Waals surface area contributed by atoms with Crippen molar-refractivity contribution in [3.05, 3.63) is 215 Å². The summed E-state index contributed by atoms with van der Waals surface area (Å²) in [6, 6.07) is 50.4. The van der Waals surface area contributed by atoms with Crippen molar-refractivity contribution in [1.29, 1.82) is 0 Å². The van der Waals surface area contributed by atoms with Crippen molar-refractivity contribution in [3.8, 4) is 0 Å². The van der Waals surface area contributed by atoms with E-state index in [4.69, 9.17) is 0 Å². The van der Waals surface area contributed by atoms with Crippen LogP contribution in [0.4, 0.5) is 34.1 Å². The number of nitrogens with one attached hydrogen (secondary N) is 6. The molecule has 1 atom stereocenters. The maximum Gasteiger partial charge on any atom is 0.255 e. The highest BCUT2D eigenvalue weighted by atomic mass is 16.3. The average molecular weight is 795 g/mol. The zero-order valence-electron chi connectivity index (χ0n) is 31.9. The van der Waals surface area contributed by atoms with Crippen molar-refractivity contribution >= 4 is 63.7 Å². The lowest BCUT2D eigenvalue weighted by molar-refractivity contribution is 0.101. The van der Waals surface area contributed by atoms with E-state index in [1.165, 1.54) is 18.2 Å². The molecule has 60 heavy (non-hydrogen) atoms. The molecular weight excluding hydrogens is 757 g/mol. The Morgan fingerprint density at radius 1 is 0.317 bits per heavy atom. The zero-order chi connectivity index (χ0) is 41.8. The van der Waals surface area contributed by atoms with Crippen LogP contribution in [0.2, 0.25) is 0 Å². The van der Waals surface area contributed by atoms with Gasteiger partial charge in [0.2, 0.25) is 0 Å². The molecule has 0 aliphatic carbocycles. The van der Waals surface area contributed by atoms with Gasteiger partial charge in [0, 0.05) is 67.5 Å². The third-order valence-electron chi connectivity index (χ3n) is 9.09.